The highest BCUT2D eigenvalue weighted by molar-refractivity contribution is 5.89. The number of piperazine rings is 1. The summed E-state index contributed by atoms with van der Waals surface area (Å²) < 4.78 is 0. The molecule has 29 heavy (non-hydrogen) atoms. The Balaban J connectivity index is 1.57. The van der Waals surface area contributed by atoms with Crippen LogP contribution in [-0.2, 0) is 10.3 Å². The summed E-state index contributed by atoms with van der Waals surface area (Å²) in [5.74, 6) is -1.67. The summed E-state index contributed by atoms with van der Waals surface area (Å²) in [6.45, 7) is 8.81. The topological polar surface area (TPSA) is 90.3 Å². The number of carboxylic acids is 1. The fourth-order valence-corrected chi connectivity index (χ4v) is 3.74. The van der Waals surface area contributed by atoms with Gasteiger partial charge in [-0.3, -0.25) is 9.79 Å². The first kappa shape index (κ1) is 20.8. The van der Waals surface area contributed by atoms with Gasteiger partial charge in [-0.05, 0) is 42.0 Å². The Morgan fingerprint density at radius 3 is 2.00 bits per heavy atom. The maximum atomic E-state index is 11.4. The number of carbonyl (C=O) groups excluding carboxylic acids is 1. The van der Waals surface area contributed by atoms with E-state index in [1.54, 1.807) is 24.3 Å². The van der Waals surface area contributed by atoms with Gasteiger partial charge in [-0.1, -0.05) is 26.0 Å². The van der Waals surface area contributed by atoms with Crippen molar-refractivity contribution in [2.75, 3.05) is 37.6 Å². The van der Waals surface area contributed by atoms with E-state index in [-0.39, 0.29) is 5.41 Å². The van der Waals surface area contributed by atoms with Crippen LogP contribution in [0.3, 0.4) is 0 Å². The molecule has 1 heterocycles. The van der Waals surface area contributed by atoms with Crippen LogP contribution in [0.2, 0.25) is 0 Å². The quantitative estimate of drug-likeness (QED) is 0.571. The molecule has 0 saturated carbocycles. The second-order valence-electron chi connectivity index (χ2n) is 7.96. The third kappa shape index (κ3) is 4.93. The van der Waals surface area contributed by atoms with Gasteiger partial charge >= 0.3 is 11.9 Å². The Bertz CT molecular complexity index is 854. The first-order valence-electron chi connectivity index (χ1n) is 9.57. The van der Waals surface area contributed by atoms with E-state index in [2.05, 4.69) is 28.5 Å². The van der Waals surface area contributed by atoms with Crippen molar-refractivity contribution in [2.45, 2.75) is 19.3 Å². The van der Waals surface area contributed by atoms with Crippen LogP contribution in [0.15, 0.2) is 48.5 Å². The zero-order chi connectivity index (χ0) is 21.0. The van der Waals surface area contributed by atoms with Gasteiger partial charge in [0.2, 0.25) is 0 Å². The average Bonchev–Trinajstić information content (AvgIpc) is 2.73. The van der Waals surface area contributed by atoms with Gasteiger partial charge in [-0.15, -0.1) is 0 Å². The molecule has 1 saturated heterocycles. The van der Waals surface area contributed by atoms with Gasteiger partial charge in [0.05, 0.1) is 11.1 Å². The van der Waals surface area contributed by atoms with E-state index < -0.39 is 11.9 Å². The summed E-state index contributed by atoms with van der Waals surface area (Å²) in [6, 6.07) is 14.1. The van der Waals surface area contributed by atoms with Crippen molar-refractivity contribution in [3.05, 3.63) is 65.2 Å². The number of hydrogen-bond donors (Lipinski definition) is 2. The molecule has 1 aliphatic heterocycles. The molecule has 0 aromatic heterocycles. The van der Waals surface area contributed by atoms with Crippen molar-refractivity contribution < 1.29 is 24.8 Å². The van der Waals surface area contributed by atoms with E-state index in [1.807, 2.05) is 24.3 Å². The Kier molecular flexibility index (Phi) is 6.20. The largest absolute Gasteiger partial charge is 0.478 e. The van der Waals surface area contributed by atoms with Gasteiger partial charge in [0.25, 0.3) is 0 Å². The molecule has 1 fully saturated rings. The third-order valence-corrected chi connectivity index (χ3v) is 5.46. The lowest BCUT2D eigenvalue weighted by atomic mass is 9.83. The number of aromatic carboxylic acids is 1. The van der Waals surface area contributed by atoms with Gasteiger partial charge in [-0.25, -0.2) is 9.59 Å². The minimum atomic E-state index is -0.912. The zero-order valence-electron chi connectivity index (χ0n) is 16.7. The van der Waals surface area contributed by atoms with Crippen LogP contribution in [0.4, 0.5) is 5.69 Å². The van der Waals surface area contributed by atoms with Gasteiger partial charge in [0.1, 0.15) is 0 Å². The van der Waals surface area contributed by atoms with Crippen LogP contribution in [0.1, 0.15) is 40.1 Å². The van der Waals surface area contributed by atoms with E-state index in [9.17, 15) is 9.59 Å². The predicted molar refractivity (Wildman–Crippen MR) is 110 cm³/mol. The fraction of sp³-hybridized carbons (Fsp3) is 0.364. The minimum Gasteiger partial charge on any atom is -0.478 e. The van der Waals surface area contributed by atoms with Crippen molar-refractivity contribution >= 4 is 17.6 Å². The van der Waals surface area contributed by atoms with Crippen LogP contribution in [-0.4, -0.2) is 59.9 Å². The first-order valence-corrected chi connectivity index (χ1v) is 9.57. The highest BCUT2D eigenvalue weighted by Gasteiger charge is 2.27. The molecule has 7 nitrogen and oxygen atoms in total. The van der Waals surface area contributed by atoms with Crippen LogP contribution < -0.4 is 4.90 Å². The Labute approximate surface area is 170 Å². The van der Waals surface area contributed by atoms with E-state index in [0.717, 1.165) is 44.0 Å². The second-order valence-corrected chi connectivity index (χ2v) is 7.96. The first-order chi connectivity index (χ1) is 13.8. The van der Waals surface area contributed by atoms with Crippen LogP contribution >= 0.6 is 0 Å². The Morgan fingerprint density at radius 1 is 0.931 bits per heavy atom. The van der Waals surface area contributed by atoms with Crippen LogP contribution in [0.25, 0.3) is 0 Å². The lowest BCUT2D eigenvalue weighted by Crippen LogP contribution is -2.49. The SMILES string of the molecule is CC(C)(CN1CCN(c2ccc(C(=O)O)cc2)CC1)c1ccc(C(=O)OO)cc1. The monoisotopic (exact) mass is 398 g/mol. The highest BCUT2D eigenvalue weighted by atomic mass is 17.1. The fourth-order valence-electron chi connectivity index (χ4n) is 3.74. The van der Waals surface area contributed by atoms with Gasteiger partial charge in [0, 0.05) is 43.8 Å². The van der Waals surface area contributed by atoms with Crippen molar-refractivity contribution in [2.24, 2.45) is 0 Å². The molecule has 2 aromatic carbocycles. The summed E-state index contributed by atoms with van der Waals surface area (Å²) in [6.07, 6.45) is 0. The molecule has 2 aromatic rings. The van der Waals surface area contributed by atoms with Crippen molar-refractivity contribution in [1.82, 2.24) is 4.90 Å². The standard InChI is InChI=1S/C22H26N2O5/c1-22(2,18-7-3-17(4-8-18)21(27)29-28)15-23-11-13-24(14-12-23)19-9-5-16(6-10-19)20(25)26/h3-10,28H,11-15H2,1-2H3,(H,25,26). The normalized spacial score (nSPS) is 15.2. The van der Waals surface area contributed by atoms with Crippen molar-refractivity contribution in [1.29, 1.82) is 0 Å². The molecule has 0 amide bonds. The number of carboxylic acid groups (broad SMARTS) is 1. The van der Waals surface area contributed by atoms with E-state index in [1.165, 1.54) is 0 Å². The number of hydrogen-bond acceptors (Lipinski definition) is 6. The Hall–Kier alpha value is -2.90. The number of rotatable bonds is 6. The second kappa shape index (κ2) is 8.63. The van der Waals surface area contributed by atoms with E-state index >= 15 is 0 Å². The number of carbonyl (C=O) groups is 2. The molecule has 2 N–H and O–H groups in total. The minimum absolute atomic E-state index is 0.104. The molecule has 0 radical (unpaired) electrons. The summed E-state index contributed by atoms with van der Waals surface area (Å²) >= 11 is 0. The van der Waals surface area contributed by atoms with Gasteiger partial charge in [-0.2, -0.15) is 5.26 Å². The van der Waals surface area contributed by atoms with Crippen molar-refractivity contribution in [3.63, 3.8) is 0 Å². The zero-order valence-corrected chi connectivity index (χ0v) is 16.7. The average molecular weight is 398 g/mol. The van der Waals surface area contributed by atoms with Crippen molar-refractivity contribution in [3.8, 4) is 0 Å². The summed E-state index contributed by atoms with van der Waals surface area (Å²) in [5.41, 5.74) is 2.66. The van der Waals surface area contributed by atoms with E-state index in [0.29, 0.717) is 11.1 Å². The molecule has 3 rings (SSSR count). The maximum absolute atomic E-state index is 11.4. The molecule has 0 spiro atoms. The predicted octanol–water partition coefficient (Wildman–Crippen LogP) is 3.11. The van der Waals surface area contributed by atoms with Gasteiger partial charge in [0.15, 0.2) is 0 Å². The van der Waals surface area contributed by atoms with Crippen LogP contribution in [0.5, 0.6) is 0 Å². The molecular weight excluding hydrogens is 372 g/mol. The molecule has 7 heteroatoms. The highest BCUT2D eigenvalue weighted by Crippen LogP contribution is 2.26. The maximum Gasteiger partial charge on any atom is 0.372 e. The summed E-state index contributed by atoms with van der Waals surface area (Å²) in [5, 5.41) is 17.5. The smallest absolute Gasteiger partial charge is 0.372 e. The molecule has 1 aliphatic rings. The third-order valence-electron chi connectivity index (χ3n) is 5.46. The molecular formula is C22H26N2O5. The summed E-state index contributed by atoms with van der Waals surface area (Å²) in [4.78, 5) is 30.8. The molecule has 0 bridgehead atoms. The molecule has 0 aliphatic carbocycles. The molecule has 0 unspecified atom stereocenters. The molecule has 154 valence electrons. The van der Waals surface area contributed by atoms with Gasteiger partial charge < -0.3 is 10.0 Å². The molecule has 0 atom stereocenters. The lowest BCUT2D eigenvalue weighted by Gasteiger charge is -2.40. The number of anilines is 1. The van der Waals surface area contributed by atoms with E-state index in [4.69, 9.17) is 10.4 Å². The van der Waals surface area contributed by atoms with Crippen LogP contribution in [0, 0.1) is 0 Å². The Morgan fingerprint density at radius 2 is 1.48 bits per heavy atom. The summed E-state index contributed by atoms with van der Waals surface area (Å²) in [7, 11) is 0. The number of benzene rings is 2. The lowest BCUT2D eigenvalue weighted by molar-refractivity contribution is -0.182. The number of nitrogens with zero attached hydrogens (tertiary/aromatic N) is 2.